The van der Waals surface area contributed by atoms with Gasteiger partial charge in [0.25, 0.3) is 0 Å². The van der Waals surface area contributed by atoms with Crippen molar-refractivity contribution in [3.8, 4) is 0 Å². The van der Waals surface area contributed by atoms with Crippen LogP contribution in [-0.2, 0) is 5.54 Å². The van der Waals surface area contributed by atoms with Crippen molar-refractivity contribution in [2.45, 2.75) is 58.5 Å². The SMILES string of the molecule is CCCC(N)(c1ccc(Cl)cc1)C(CC)N(CC)CC. The summed E-state index contributed by atoms with van der Waals surface area (Å²) in [6.07, 6.45) is 3.13. The van der Waals surface area contributed by atoms with Gasteiger partial charge in [-0.05, 0) is 43.6 Å². The molecular weight excluding hydrogens is 268 g/mol. The summed E-state index contributed by atoms with van der Waals surface area (Å²) in [4.78, 5) is 2.48. The van der Waals surface area contributed by atoms with Gasteiger partial charge < -0.3 is 5.73 Å². The van der Waals surface area contributed by atoms with Crippen molar-refractivity contribution in [1.29, 1.82) is 0 Å². The molecule has 2 unspecified atom stereocenters. The summed E-state index contributed by atoms with van der Waals surface area (Å²) in [5, 5.41) is 0.767. The van der Waals surface area contributed by atoms with E-state index in [1.54, 1.807) is 0 Å². The Bertz CT molecular complexity index is 386. The monoisotopic (exact) mass is 296 g/mol. The highest BCUT2D eigenvalue weighted by Gasteiger charge is 2.37. The summed E-state index contributed by atoms with van der Waals surface area (Å²) in [7, 11) is 0. The molecular formula is C17H29ClN2. The van der Waals surface area contributed by atoms with Gasteiger partial charge in [0, 0.05) is 11.1 Å². The summed E-state index contributed by atoms with van der Waals surface area (Å²) >= 11 is 6.02. The lowest BCUT2D eigenvalue weighted by Crippen LogP contribution is -2.56. The third-order valence-electron chi connectivity index (χ3n) is 4.28. The van der Waals surface area contributed by atoms with Crippen LogP contribution < -0.4 is 5.73 Å². The number of hydrogen-bond donors (Lipinski definition) is 1. The summed E-state index contributed by atoms with van der Waals surface area (Å²) in [5.41, 5.74) is 7.79. The maximum atomic E-state index is 6.90. The lowest BCUT2D eigenvalue weighted by Gasteiger charge is -2.43. The summed E-state index contributed by atoms with van der Waals surface area (Å²) in [6.45, 7) is 10.9. The second-order valence-corrected chi connectivity index (χ2v) is 5.88. The topological polar surface area (TPSA) is 29.3 Å². The number of hydrogen-bond acceptors (Lipinski definition) is 2. The Morgan fingerprint density at radius 1 is 1.10 bits per heavy atom. The smallest absolute Gasteiger partial charge is 0.0567 e. The van der Waals surface area contributed by atoms with Gasteiger partial charge in [0.05, 0.1) is 5.54 Å². The van der Waals surface area contributed by atoms with Crippen molar-refractivity contribution < 1.29 is 0 Å². The highest BCUT2D eigenvalue weighted by Crippen LogP contribution is 2.33. The van der Waals surface area contributed by atoms with Gasteiger partial charge in [-0.3, -0.25) is 4.90 Å². The Balaban J connectivity index is 3.20. The van der Waals surface area contributed by atoms with Crippen LogP contribution in [0.5, 0.6) is 0 Å². The van der Waals surface area contributed by atoms with Crippen molar-refractivity contribution >= 4 is 11.6 Å². The molecule has 2 N–H and O–H groups in total. The molecule has 0 fully saturated rings. The van der Waals surface area contributed by atoms with Gasteiger partial charge in [-0.25, -0.2) is 0 Å². The molecule has 2 atom stereocenters. The number of likely N-dealkylation sites (N-methyl/N-ethyl adjacent to an activating group) is 1. The molecule has 0 aliphatic carbocycles. The number of rotatable bonds is 8. The van der Waals surface area contributed by atoms with Crippen molar-refractivity contribution in [1.82, 2.24) is 4.90 Å². The normalized spacial score (nSPS) is 16.1. The number of nitrogens with zero attached hydrogens (tertiary/aromatic N) is 1. The molecule has 0 radical (unpaired) electrons. The quantitative estimate of drug-likeness (QED) is 0.770. The number of benzene rings is 1. The fourth-order valence-corrected chi connectivity index (χ4v) is 3.42. The van der Waals surface area contributed by atoms with E-state index in [2.05, 4.69) is 44.7 Å². The van der Waals surface area contributed by atoms with Crippen LogP contribution in [0.3, 0.4) is 0 Å². The van der Waals surface area contributed by atoms with Crippen molar-refractivity contribution in [3.05, 3.63) is 34.9 Å². The number of nitrogens with two attached hydrogens (primary N) is 1. The van der Waals surface area contributed by atoms with Crippen molar-refractivity contribution in [2.24, 2.45) is 5.73 Å². The second kappa shape index (κ2) is 8.02. The zero-order valence-corrected chi connectivity index (χ0v) is 14.1. The fraction of sp³-hybridized carbons (Fsp3) is 0.647. The fourth-order valence-electron chi connectivity index (χ4n) is 3.29. The van der Waals surface area contributed by atoms with E-state index in [1.165, 1.54) is 5.56 Å². The van der Waals surface area contributed by atoms with Crippen LogP contribution >= 0.6 is 11.6 Å². The molecule has 1 aromatic carbocycles. The van der Waals surface area contributed by atoms with E-state index in [1.807, 2.05) is 12.1 Å². The zero-order chi connectivity index (χ0) is 15.2. The molecule has 0 bridgehead atoms. The van der Waals surface area contributed by atoms with Gasteiger partial charge in [-0.1, -0.05) is 57.8 Å². The summed E-state index contributed by atoms with van der Waals surface area (Å²) in [6, 6.07) is 8.43. The molecule has 0 heterocycles. The molecule has 0 aliphatic heterocycles. The average molecular weight is 297 g/mol. The molecule has 1 rings (SSSR count). The summed E-state index contributed by atoms with van der Waals surface area (Å²) < 4.78 is 0. The van der Waals surface area contributed by atoms with Gasteiger partial charge in [-0.2, -0.15) is 0 Å². The average Bonchev–Trinajstić information content (AvgIpc) is 2.45. The van der Waals surface area contributed by atoms with E-state index < -0.39 is 0 Å². The van der Waals surface area contributed by atoms with Crippen molar-refractivity contribution in [3.63, 3.8) is 0 Å². The molecule has 0 aromatic heterocycles. The van der Waals surface area contributed by atoms with Crippen LogP contribution in [-0.4, -0.2) is 24.0 Å². The van der Waals surface area contributed by atoms with Gasteiger partial charge in [0.15, 0.2) is 0 Å². The minimum absolute atomic E-state index is 0.305. The lowest BCUT2D eigenvalue weighted by molar-refractivity contribution is 0.117. The third-order valence-corrected chi connectivity index (χ3v) is 4.53. The molecule has 1 aromatic rings. The molecule has 20 heavy (non-hydrogen) atoms. The first-order valence-electron chi connectivity index (χ1n) is 7.82. The van der Waals surface area contributed by atoms with Crippen LogP contribution in [0.4, 0.5) is 0 Å². The van der Waals surface area contributed by atoms with Gasteiger partial charge in [-0.15, -0.1) is 0 Å². The van der Waals surface area contributed by atoms with Gasteiger partial charge in [0.2, 0.25) is 0 Å². The predicted molar refractivity (Wildman–Crippen MR) is 89.2 cm³/mol. The van der Waals surface area contributed by atoms with Crippen LogP contribution in [0.2, 0.25) is 5.02 Å². The zero-order valence-electron chi connectivity index (χ0n) is 13.3. The minimum Gasteiger partial charge on any atom is -0.320 e. The highest BCUT2D eigenvalue weighted by atomic mass is 35.5. The first kappa shape index (κ1) is 17.5. The van der Waals surface area contributed by atoms with E-state index in [4.69, 9.17) is 17.3 Å². The summed E-state index contributed by atoms with van der Waals surface area (Å²) in [5.74, 6) is 0. The molecule has 114 valence electrons. The second-order valence-electron chi connectivity index (χ2n) is 5.44. The molecule has 0 saturated heterocycles. The molecule has 0 saturated carbocycles. The van der Waals surface area contributed by atoms with E-state index >= 15 is 0 Å². The molecule has 0 amide bonds. The standard InChI is InChI=1S/C17H29ClN2/c1-5-13-17(19,14-9-11-15(18)12-10-14)16(6-2)20(7-3)8-4/h9-12,16H,5-8,13,19H2,1-4H3. The van der Waals surface area contributed by atoms with Crippen LogP contribution in [0, 0.1) is 0 Å². The Morgan fingerprint density at radius 3 is 2.05 bits per heavy atom. The molecule has 0 aliphatic rings. The maximum Gasteiger partial charge on any atom is 0.0567 e. The van der Waals surface area contributed by atoms with Crippen LogP contribution in [0.1, 0.15) is 52.5 Å². The molecule has 3 heteroatoms. The Morgan fingerprint density at radius 2 is 1.65 bits per heavy atom. The van der Waals surface area contributed by atoms with E-state index in [0.717, 1.165) is 37.4 Å². The van der Waals surface area contributed by atoms with Crippen molar-refractivity contribution in [2.75, 3.05) is 13.1 Å². The molecule has 0 spiro atoms. The highest BCUT2D eigenvalue weighted by molar-refractivity contribution is 6.30. The molecule has 2 nitrogen and oxygen atoms in total. The first-order chi connectivity index (χ1) is 9.53. The Hall–Kier alpha value is -0.570. The van der Waals surface area contributed by atoms with Crippen LogP contribution in [0.25, 0.3) is 0 Å². The number of halogens is 1. The van der Waals surface area contributed by atoms with E-state index in [0.29, 0.717) is 6.04 Å². The van der Waals surface area contributed by atoms with E-state index in [-0.39, 0.29) is 5.54 Å². The predicted octanol–water partition coefficient (Wildman–Crippen LogP) is 4.41. The van der Waals surface area contributed by atoms with Gasteiger partial charge in [0.1, 0.15) is 0 Å². The van der Waals surface area contributed by atoms with Gasteiger partial charge >= 0.3 is 0 Å². The van der Waals surface area contributed by atoms with E-state index in [9.17, 15) is 0 Å². The Kier molecular flexibility index (Phi) is 7.01. The Labute approximate surface area is 129 Å². The first-order valence-corrected chi connectivity index (χ1v) is 8.20. The largest absolute Gasteiger partial charge is 0.320 e. The lowest BCUT2D eigenvalue weighted by atomic mass is 9.78. The maximum absolute atomic E-state index is 6.90. The third kappa shape index (κ3) is 3.75. The van der Waals surface area contributed by atoms with Crippen LogP contribution in [0.15, 0.2) is 24.3 Å². The minimum atomic E-state index is -0.305.